The zero-order valence-electron chi connectivity index (χ0n) is 16.3. The number of para-hydroxylation sites is 1. The molecule has 28 heavy (non-hydrogen) atoms. The molecule has 0 bridgehead atoms. The van der Waals surface area contributed by atoms with Crippen molar-refractivity contribution in [1.82, 2.24) is 10.2 Å². The molecule has 1 heterocycles. The summed E-state index contributed by atoms with van der Waals surface area (Å²) in [4.78, 5) is 15.1. The summed E-state index contributed by atoms with van der Waals surface area (Å²) in [7, 11) is 2.00. The second-order valence-corrected chi connectivity index (χ2v) is 8.01. The first-order valence-electron chi connectivity index (χ1n) is 10.0. The molecular weight excluding hydrogens is 355 g/mol. The Bertz CT molecular complexity index is 829. The molecule has 0 unspecified atom stereocenters. The van der Waals surface area contributed by atoms with Crippen LogP contribution in [0.15, 0.2) is 48.5 Å². The van der Waals surface area contributed by atoms with Gasteiger partial charge in [0.25, 0.3) is 0 Å². The average molecular weight is 382 g/mol. The molecule has 0 aromatic heterocycles. The second-order valence-electron chi connectivity index (χ2n) is 8.01. The van der Waals surface area contributed by atoms with Crippen LogP contribution < -0.4 is 10.1 Å². The molecule has 148 valence electrons. The van der Waals surface area contributed by atoms with Gasteiger partial charge in [0, 0.05) is 18.2 Å². The monoisotopic (exact) mass is 382 g/mol. The molecule has 1 fully saturated rings. The van der Waals surface area contributed by atoms with Crippen molar-refractivity contribution in [3.8, 4) is 5.75 Å². The van der Waals surface area contributed by atoms with Crippen molar-refractivity contribution >= 4 is 5.91 Å². The van der Waals surface area contributed by atoms with Crippen LogP contribution in [0, 0.1) is 5.82 Å². The van der Waals surface area contributed by atoms with Crippen molar-refractivity contribution in [2.45, 2.75) is 50.3 Å². The second kappa shape index (κ2) is 7.92. The highest BCUT2D eigenvalue weighted by Gasteiger charge is 2.41. The topological polar surface area (TPSA) is 41.6 Å². The van der Waals surface area contributed by atoms with E-state index < -0.39 is 0 Å². The van der Waals surface area contributed by atoms with Gasteiger partial charge in [0.2, 0.25) is 5.91 Å². The largest absolute Gasteiger partial charge is 0.485 e. The summed E-state index contributed by atoms with van der Waals surface area (Å²) in [6.07, 6.45) is 4.20. The summed E-state index contributed by atoms with van der Waals surface area (Å²) in [6.45, 7) is 1.14. The third-order valence-corrected chi connectivity index (χ3v) is 6.07. The summed E-state index contributed by atoms with van der Waals surface area (Å²) in [6, 6.07) is 14.7. The van der Waals surface area contributed by atoms with Crippen LogP contribution in [-0.2, 0) is 17.8 Å². The van der Waals surface area contributed by atoms with Gasteiger partial charge in [-0.25, -0.2) is 4.39 Å². The number of hydrogen-bond acceptors (Lipinski definition) is 3. The smallest absolute Gasteiger partial charge is 0.227 e. The van der Waals surface area contributed by atoms with Crippen LogP contribution in [0.4, 0.5) is 4.39 Å². The molecule has 1 amide bonds. The van der Waals surface area contributed by atoms with Crippen LogP contribution in [0.5, 0.6) is 5.75 Å². The number of ether oxygens (including phenoxy) is 1. The molecule has 1 aliphatic carbocycles. The van der Waals surface area contributed by atoms with Crippen LogP contribution in [0.2, 0.25) is 0 Å². The lowest BCUT2D eigenvalue weighted by Gasteiger charge is -2.41. The maximum Gasteiger partial charge on any atom is 0.227 e. The molecule has 0 radical (unpaired) electrons. The molecule has 4 nitrogen and oxygen atoms in total. The van der Waals surface area contributed by atoms with Crippen molar-refractivity contribution in [3.05, 3.63) is 65.5 Å². The van der Waals surface area contributed by atoms with Gasteiger partial charge in [-0.3, -0.25) is 4.79 Å². The van der Waals surface area contributed by atoms with E-state index in [0.29, 0.717) is 19.1 Å². The first-order valence-corrected chi connectivity index (χ1v) is 10.0. The quantitative estimate of drug-likeness (QED) is 0.880. The Labute approximate surface area is 165 Å². The molecule has 2 aromatic carbocycles. The Morgan fingerprint density at radius 2 is 1.89 bits per heavy atom. The summed E-state index contributed by atoms with van der Waals surface area (Å²) in [5.41, 5.74) is 1.54. The van der Waals surface area contributed by atoms with Crippen LogP contribution in [0.25, 0.3) is 0 Å². The number of carbonyl (C=O) groups is 1. The molecule has 5 heteroatoms. The fourth-order valence-corrected chi connectivity index (χ4v) is 4.37. The average Bonchev–Trinajstić information content (AvgIpc) is 2.87. The van der Waals surface area contributed by atoms with Gasteiger partial charge in [-0.1, -0.05) is 30.3 Å². The van der Waals surface area contributed by atoms with Crippen LogP contribution in [-0.4, -0.2) is 36.0 Å². The van der Waals surface area contributed by atoms with E-state index in [4.69, 9.17) is 4.74 Å². The maximum atomic E-state index is 13.2. The molecule has 0 atom stereocenters. The van der Waals surface area contributed by atoms with E-state index in [1.54, 1.807) is 12.1 Å². The molecule has 4 rings (SSSR count). The van der Waals surface area contributed by atoms with Gasteiger partial charge in [-0.05, 0) is 56.5 Å². The molecule has 1 saturated carbocycles. The standard InChI is InChI=1S/C23H27FN2O2/c1-25-20-10-12-23(13-11-20)16-26(15-18-4-2-3-5-21(18)28-23)22(27)14-17-6-8-19(24)9-7-17/h2-9,20,25H,10-16H2,1H3. The van der Waals surface area contributed by atoms with E-state index in [0.717, 1.165) is 42.6 Å². The van der Waals surface area contributed by atoms with Gasteiger partial charge >= 0.3 is 0 Å². The number of nitrogens with one attached hydrogen (secondary N) is 1. The number of rotatable bonds is 3. The fourth-order valence-electron chi connectivity index (χ4n) is 4.37. The summed E-state index contributed by atoms with van der Waals surface area (Å²) >= 11 is 0. The predicted octanol–water partition coefficient (Wildman–Crippen LogP) is 3.69. The molecule has 1 spiro atoms. The highest BCUT2D eigenvalue weighted by molar-refractivity contribution is 5.79. The van der Waals surface area contributed by atoms with Crippen molar-refractivity contribution in [2.24, 2.45) is 0 Å². The molecular formula is C23H27FN2O2. The number of amides is 1. The van der Waals surface area contributed by atoms with Gasteiger partial charge < -0.3 is 15.0 Å². The van der Waals surface area contributed by atoms with Gasteiger partial charge in [-0.15, -0.1) is 0 Å². The van der Waals surface area contributed by atoms with E-state index in [1.165, 1.54) is 12.1 Å². The summed E-state index contributed by atoms with van der Waals surface area (Å²) in [5, 5.41) is 3.37. The lowest BCUT2D eigenvalue weighted by Crippen LogP contribution is -2.51. The number of nitrogens with zero attached hydrogens (tertiary/aromatic N) is 1. The number of hydrogen-bond donors (Lipinski definition) is 1. The van der Waals surface area contributed by atoms with E-state index in [2.05, 4.69) is 5.32 Å². The van der Waals surface area contributed by atoms with E-state index in [1.807, 2.05) is 36.2 Å². The minimum absolute atomic E-state index is 0.0574. The van der Waals surface area contributed by atoms with Crippen molar-refractivity contribution in [2.75, 3.05) is 13.6 Å². The van der Waals surface area contributed by atoms with Gasteiger partial charge in [0.1, 0.15) is 17.2 Å². The Morgan fingerprint density at radius 3 is 2.61 bits per heavy atom. The number of carbonyl (C=O) groups excluding carboxylic acids is 1. The van der Waals surface area contributed by atoms with Crippen LogP contribution >= 0.6 is 0 Å². The minimum atomic E-state index is -0.335. The summed E-state index contributed by atoms with van der Waals surface area (Å²) in [5.74, 6) is 0.665. The lowest BCUT2D eigenvalue weighted by molar-refractivity contribution is -0.134. The third-order valence-electron chi connectivity index (χ3n) is 6.07. The Morgan fingerprint density at radius 1 is 1.18 bits per heavy atom. The molecule has 1 N–H and O–H groups in total. The number of fused-ring (bicyclic) bond motifs is 1. The maximum absolute atomic E-state index is 13.2. The molecule has 0 saturated heterocycles. The van der Waals surface area contributed by atoms with Crippen molar-refractivity contribution < 1.29 is 13.9 Å². The Hall–Kier alpha value is -2.40. The highest BCUT2D eigenvalue weighted by Crippen LogP contribution is 2.38. The van der Waals surface area contributed by atoms with Gasteiger partial charge in [-0.2, -0.15) is 0 Å². The van der Waals surface area contributed by atoms with Crippen LogP contribution in [0.1, 0.15) is 36.8 Å². The third kappa shape index (κ3) is 4.04. The normalized spacial score (nSPS) is 24.4. The predicted molar refractivity (Wildman–Crippen MR) is 107 cm³/mol. The van der Waals surface area contributed by atoms with Gasteiger partial charge in [0.05, 0.1) is 13.0 Å². The zero-order chi connectivity index (χ0) is 19.6. The van der Waals surface area contributed by atoms with Crippen molar-refractivity contribution in [1.29, 1.82) is 0 Å². The van der Waals surface area contributed by atoms with Gasteiger partial charge in [0.15, 0.2) is 0 Å². The van der Waals surface area contributed by atoms with E-state index in [9.17, 15) is 9.18 Å². The number of benzene rings is 2. The lowest BCUT2D eigenvalue weighted by atomic mass is 9.81. The molecule has 1 aliphatic heterocycles. The first kappa shape index (κ1) is 18.9. The SMILES string of the molecule is CNC1CCC2(CC1)CN(C(=O)Cc1ccc(F)cc1)Cc1ccccc1O2. The molecule has 2 aromatic rings. The molecule has 2 aliphatic rings. The highest BCUT2D eigenvalue weighted by atomic mass is 19.1. The Balaban J connectivity index is 1.57. The summed E-state index contributed by atoms with van der Waals surface area (Å²) < 4.78 is 19.7. The fraction of sp³-hybridized carbons (Fsp3) is 0.435. The number of halogens is 1. The zero-order valence-corrected chi connectivity index (χ0v) is 16.3. The van der Waals surface area contributed by atoms with E-state index in [-0.39, 0.29) is 23.7 Å². The minimum Gasteiger partial charge on any atom is -0.485 e. The van der Waals surface area contributed by atoms with Crippen molar-refractivity contribution in [3.63, 3.8) is 0 Å². The van der Waals surface area contributed by atoms with Crippen LogP contribution in [0.3, 0.4) is 0 Å². The Kier molecular flexibility index (Phi) is 5.36. The first-order chi connectivity index (χ1) is 13.6. The van der Waals surface area contributed by atoms with E-state index >= 15 is 0 Å².